The summed E-state index contributed by atoms with van der Waals surface area (Å²) in [6.45, 7) is 4.09. The molecule has 98 valence electrons. The zero-order valence-corrected chi connectivity index (χ0v) is 11.3. The third-order valence-corrected chi connectivity index (χ3v) is 3.80. The summed E-state index contributed by atoms with van der Waals surface area (Å²) in [6.07, 6.45) is 7.36. The summed E-state index contributed by atoms with van der Waals surface area (Å²) in [5.41, 5.74) is 2.33. The molecule has 0 radical (unpaired) electrons. The van der Waals surface area contributed by atoms with E-state index in [-0.39, 0.29) is 0 Å². The van der Waals surface area contributed by atoms with Crippen molar-refractivity contribution in [2.75, 3.05) is 18.5 Å². The summed E-state index contributed by atoms with van der Waals surface area (Å²) in [4.78, 5) is 11.3. The molecule has 0 spiro atoms. The van der Waals surface area contributed by atoms with E-state index in [1.165, 1.54) is 31.2 Å². The van der Waals surface area contributed by atoms with Crippen molar-refractivity contribution in [1.29, 1.82) is 0 Å². The number of hydrogen-bond acceptors (Lipinski definition) is 4. The molecule has 1 aromatic rings. The van der Waals surface area contributed by atoms with Gasteiger partial charge < -0.3 is 10.2 Å². The first-order chi connectivity index (χ1) is 8.72. The minimum Gasteiger partial charge on any atom is -0.344 e. The molecule has 2 fully saturated rings. The molecule has 2 aliphatic carbocycles. The van der Waals surface area contributed by atoms with Crippen LogP contribution in [0, 0.1) is 12.8 Å². The number of anilines is 1. The van der Waals surface area contributed by atoms with Crippen molar-refractivity contribution in [1.82, 2.24) is 15.3 Å². The highest BCUT2D eigenvalue weighted by Crippen LogP contribution is 2.30. The van der Waals surface area contributed by atoms with E-state index < -0.39 is 0 Å². The first-order valence-corrected chi connectivity index (χ1v) is 6.99. The average molecular weight is 246 g/mol. The Morgan fingerprint density at radius 2 is 2.11 bits per heavy atom. The van der Waals surface area contributed by atoms with E-state index in [1.807, 2.05) is 6.20 Å². The largest absolute Gasteiger partial charge is 0.344 e. The van der Waals surface area contributed by atoms with Crippen molar-refractivity contribution >= 4 is 5.95 Å². The van der Waals surface area contributed by atoms with Crippen LogP contribution in [0.5, 0.6) is 0 Å². The summed E-state index contributed by atoms with van der Waals surface area (Å²) < 4.78 is 0. The van der Waals surface area contributed by atoms with E-state index in [2.05, 4.69) is 34.2 Å². The molecule has 0 amide bonds. The minimum absolute atomic E-state index is 0.738. The Morgan fingerprint density at radius 3 is 2.72 bits per heavy atom. The lowest BCUT2D eigenvalue weighted by Crippen LogP contribution is -2.23. The number of aromatic nitrogens is 2. The van der Waals surface area contributed by atoms with Crippen LogP contribution in [0.25, 0.3) is 0 Å². The molecule has 3 rings (SSSR count). The second-order valence-electron chi connectivity index (χ2n) is 5.76. The zero-order chi connectivity index (χ0) is 12.5. The first kappa shape index (κ1) is 11.9. The average Bonchev–Trinajstić information content (AvgIpc) is 3.22. The summed E-state index contributed by atoms with van der Waals surface area (Å²) in [5.74, 6) is 1.74. The molecule has 2 saturated carbocycles. The van der Waals surface area contributed by atoms with Crippen molar-refractivity contribution in [2.24, 2.45) is 5.92 Å². The Hall–Kier alpha value is -1.16. The molecule has 0 aliphatic heterocycles. The maximum absolute atomic E-state index is 4.63. The van der Waals surface area contributed by atoms with Crippen LogP contribution in [0.15, 0.2) is 6.20 Å². The highest BCUT2D eigenvalue weighted by Gasteiger charge is 2.24. The van der Waals surface area contributed by atoms with Gasteiger partial charge in [-0.3, -0.25) is 0 Å². The van der Waals surface area contributed by atoms with Crippen molar-refractivity contribution in [3.8, 4) is 0 Å². The van der Waals surface area contributed by atoms with Gasteiger partial charge in [0.1, 0.15) is 0 Å². The van der Waals surface area contributed by atoms with Gasteiger partial charge in [0.25, 0.3) is 0 Å². The Labute approximate surface area is 109 Å². The monoisotopic (exact) mass is 246 g/mol. The fourth-order valence-corrected chi connectivity index (χ4v) is 2.15. The van der Waals surface area contributed by atoms with Crippen molar-refractivity contribution in [3.63, 3.8) is 0 Å². The lowest BCUT2D eigenvalue weighted by Gasteiger charge is -2.17. The molecule has 1 aromatic heterocycles. The number of nitrogens with zero attached hydrogens (tertiary/aromatic N) is 3. The molecular weight excluding hydrogens is 224 g/mol. The Balaban J connectivity index is 1.62. The molecule has 1 heterocycles. The molecular formula is C14H22N4. The van der Waals surface area contributed by atoms with Crippen LogP contribution in [0.2, 0.25) is 0 Å². The van der Waals surface area contributed by atoms with E-state index in [1.54, 1.807) is 0 Å². The molecule has 18 heavy (non-hydrogen) atoms. The summed E-state index contributed by atoms with van der Waals surface area (Å²) in [7, 11) is 2.09. The molecule has 0 aromatic carbocycles. The predicted molar refractivity (Wildman–Crippen MR) is 72.6 cm³/mol. The number of nitrogens with one attached hydrogen (secondary N) is 1. The van der Waals surface area contributed by atoms with Gasteiger partial charge in [-0.1, -0.05) is 0 Å². The van der Waals surface area contributed by atoms with Crippen LogP contribution >= 0.6 is 0 Å². The standard InChI is InChI=1S/C14H22N4/c1-10-12(7-15-13-5-6-13)8-16-14(17-10)18(2)9-11-3-4-11/h8,11,13,15H,3-7,9H2,1-2H3. The molecule has 0 atom stereocenters. The van der Waals surface area contributed by atoms with Crippen LogP contribution in [-0.4, -0.2) is 29.6 Å². The molecule has 0 saturated heterocycles. The lowest BCUT2D eigenvalue weighted by atomic mass is 10.2. The van der Waals surface area contributed by atoms with Gasteiger partial charge in [-0.05, 0) is 38.5 Å². The second-order valence-corrected chi connectivity index (χ2v) is 5.76. The smallest absolute Gasteiger partial charge is 0.225 e. The van der Waals surface area contributed by atoms with Gasteiger partial charge in [0.15, 0.2) is 0 Å². The summed E-state index contributed by atoms with van der Waals surface area (Å²) >= 11 is 0. The molecule has 4 heteroatoms. The second kappa shape index (κ2) is 4.84. The lowest BCUT2D eigenvalue weighted by molar-refractivity contribution is 0.677. The van der Waals surface area contributed by atoms with Crippen LogP contribution < -0.4 is 10.2 Å². The fourth-order valence-electron chi connectivity index (χ4n) is 2.15. The molecule has 4 nitrogen and oxygen atoms in total. The van der Waals surface area contributed by atoms with Crippen LogP contribution in [0.3, 0.4) is 0 Å². The van der Waals surface area contributed by atoms with E-state index >= 15 is 0 Å². The first-order valence-electron chi connectivity index (χ1n) is 6.99. The quantitative estimate of drug-likeness (QED) is 0.832. The molecule has 0 unspecified atom stereocenters. The normalized spacial score (nSPS) is 19.0. The van der Waals surface area contributed by atoms with E-state index in [4.69, 9.17) is 0 Å². The fraction of sp³-hybridized carbons (Fsp3) is 0.714. The summed E-state index contributed by atoms with van der Waals surface area (Å²) in [5, 5.41) is 3.51. The molecule has 2 aliphatic rings. The van der Waals surface area contributed by atoms with Crippen molar-refractivity contribution in [3.05, 3.63) is 17.5 Å². The van der Waals surface area contributed by atoms with Gasteiger partial charge in [0.05, 0.1) is 0 Å². The topological polar surface area (TPSA) is 41.1 Å². The van der Waals surface area contributed by atoms with Gasteiger partial charge >= 0.3 is 0 Å². The van der Waals surface area contributed by atoms with Crippen molar-refractivity contribution < 1.29 is 0 Å². The Kier molecular flexibility index (Phi) is 3.20. The van der Waals surface area contributed by atoms with Gasteiger partial charge in [0, 0.05) is 43.6 Å². The van der Waals surface area contributed by atoms with Gasteiger partial charge in [-0.15, -0.1) is 0 Å². The Bertz CT molecular complexity index is 424. The highest BCUT2D eigenvalue weighted by atomic mass is 15.2. The summed E-state index contributed by atoms with van der Waals surface area (Å²) in [6, 6.07) is 0.738. The van der Waals surface area contributed by atoms with Crippen LogP contribution in [-0.2, 0) is 6.54 Å². The van der Waals surface area contributed by atoms with Gasteiger partial charge in [-0.2, -0.15) is 0 Å². The van der Waals surface area contributed by atoms with E-state index in [9.17, 15) is 0 Å². The molecule has 0 bridgehead atoms. The number of hydrogen-bond donors (Lipinski definition) is 1. The van der Waals surface area contributed by atoms with Crippen molar-refractivity contribution in [2.45, 2.75) is 45.2 Å². The minimum atomic E-state index is 0.738. The van der Waals surface area contributed by atoms with E-state index in [0.717, 1.165) is 36.7 Å². The maximum atomic E-state index is 4.63. The van der Waals surface area contributed by atoms with Crippen LogP contribution in [0.1, 0.15) is 36.9 Å². The third kappa shape index (κ3) is 2.99. The molecule has 1 N–H and O–H groups in total. The van der Waals surface area contributed by atoms with Crippen LogP contribution in [0.4, 0.5) is 5.95 Å². The third-order valence-electron chi connectivity index (χ3n) is 3.80. The Morgan fingerprint density at radius 1 is 1.33 bits per heavy atom. The zero-order valence-electron chi connectivity index (χ0n) is 11.3. The van der Waals surface area contributed by atoms with Gasteiger partial charge in [-0.25, -0.2) is 9.97 Å². The highest BCUT2D eigenvalue weighted by molar-refractivity contribution is 5.32. The van der Waals surface area contributed by atoms with Gasteiger partial charge in [0.2, 0.25) is 5.95 Å². The number of aryl methyl sites for hydroxylation is 1. The maximum Gasteiger partial charge on any atom is 0.225 e. The predicted octanol–water partition coefficient (Wildman–Crippen LogP) is 1.88. The number of rotatable bonds is 6. The SMILES string of the molecule is Cc1nc(N(C)CC2CC2)ncc1CNC1CC1. The van der Waals surface area contributed by atoms with E-state index in [0.29, 0.717) is 0 Å².